The van der Waals surface area contributed by atoms with Crippen molar-refractivity contribution in [1.82, 2.24) is 25.1 Å². The van der Waals surface area contributed by atoms with E-state index >= 15 is 0 Å². The molecule has 0 bridgehead atoms. The van der Waals surface area contributed by atoms with E-state index in [0.717, 1.165) is 36.7 Å². The molecule has 6 nitrogen and oxygen atoms in total. The molecule has 20 heavy (non-hydrogen) atoms. The van der Waals surface area contributed by atoms with Gasteiger partial charge in [0.05, 0.1) is 5.56 Å². The van der Waals surface area contributed by atoms with Crippen molar-refractivity contribution in [3.05, 3.63) is 41.2 Å². The lowest BCUT2D eigenvalue weighted by Crippen LogP contribution is -2.26. The molecular weight excluding hydrogens is 254 g/mol. The van der Waals surface area contributed by atoms with Crippen molar-refractivity contribution in [3.63, 3.8) is 0 Å². The van der Waals surface area contributed by atoms with Crippen LogP contribution in [-0.4, -0.2) is 32.2 Å². The van der Waals surface area contributed by atoms with E-state index in [1.165, 1.54) is 0 Å². The molecule has 0 unspecified atom stereocenters. The number of rotatable bonds is 4. The van der Waals surface area contributed by atoms with Crippen LogP contribution in [0.3, 0.4) is 0 Å². The Morgan fingerprint density at radius 1 is 1.40 bits per heavy atom. The van der Waals surface area contributed by atoms with E-state index in [2.05, 4.69) is 25.1 Å². The molecule has 0 aromatic carbocycles. The fourth-order valence-electron chi connectivity index (χ4n) is 2.39. The minimum Gasteiger partial charge on any atom is -0.352 e. The first-order valence-electron chi connectivity index (χ1n) is 6.86. The van der Waals surface area contributed by atoms with Crippen LogP contribution in [0.5, 0.6) is 0 Å². The fraction of sp³-hybridized carbons (Fsp3) is 0.429. The highest BCUT2D eigenvalue weighted by molar-refractivity contribution is 5.93. The normalized spacial score (nSPS) is 13.2. The summed E-state index contributed by atoms with van der Waals surface area (Å²) < 4.78 is 2.15. The Morgan fingerprint density at radius 3 is 3.10 bits per heavy atom. The summed E-state index contributed by atoms with van der Waals surface area (Å²) in [6.45, 7) is 3.45. The highest BCUT2D eigenvalue weighted by atomic mass is 16.1. The van der Waals surface area contributed by atoms with Crippen molar-refractivity contribution in [2.75, 3.05) is 6.54 Å². The summed E-state index contributed by atoms with van der Waals surface area (Å²) in [4.78, 5) is 16.0. The van der Waals surface area contributed by atoms with E-state index in [1.54, 1.807) is 12.3 Å². The molecular formula is C14H17N5O. The number of nitrogens with one attached hydrogen (secondary N) is 1. The Morgan fingerprint density at radius 2 is 2.30 bits per heavy atom. The Balaban J connectivity index is 1.54. The van der Waals surface area contributed by atoms with Gasteiger partial charge >= 0.3 is 0 Å². The minimum atomic E-state index is -0.0985. The number of carbonyl (C=O) groups excluding carboxylic acids is 1. The first kappa shape index (κ1) is 12.8. The minimum absolute atomic E-state index is 0.0985. The van der Waals surface area contributed by atoms with Gasteiger partial charge in [-0.3, -0.25) is 9.78 Å². The lowest BCUT2D eigenvalue weighted by atomic mass is 10.2. The molecule has 104 valence electrons. The number of fused-ring (bicyclic) bond motifs is 1. The third kappa shape index (κ3) is 2.54. The quantitative estimate of drug-likeness (QED) is 0.896. The SMILES string of the molecule is Cc1ccc(C(=O)NCCc2nnc3n2CCC3)cn1. The Hall–Kier alpha value is -2.24. The van der Waals surface area contributed by atoms with Crippen molar-refractivity contribution in [2.45, 2.75) is 32.7 Å². The molecule has 0 aliphatic carbocycles. The van der Waals surface area contributed by atoms with Gasteiger partial charge in [-0.25, -0.2) is 0 Å². The van der Waals surface area contributed by atoms with Crippen molar-refractivity contribution >= 4 is 5.91 Å². The number of amides is 1. The molecule has 0 radical (unpaired) electrons. The van der Waals surface area contributed by atoms with Crippen LogP contribution >= 0.6 is 0 Å². The Bertz CT molecular complexity index is 617. The molecule has 1 amide bonds. The van der Waals surface area contributed by atoms with Crippen LogP contribution in [0.15, 0.2) is 18.3 Å². The van der Waals surface area contributed by atoms with Gasteiger partial charge in [0.15, 0.2) is 0 Å². The number of nitrogens with zero attached hydrogens (tertiary/aromatic N) is 4. The average molecular weight is 271 g/mol. The van der Waals surface area contributed by atoms with Crippen molar-refractivity contribution in [3.8, 4) is 0 Å². The molecule has 0 atom stereocenters. The van der Waals surface area contributed by atoms with Crippen LogP contribution in [0, 0.1) is 6.92 Å². The molecule has 3 heterocycles. The van der Waals surface area contributed by atoms with Gasteiger partial charge in [0.25, 0.3) is 5.91 Å². The first-order valence-corrected chi connectivity index (χ1v) is 6.86. The third-order valence-corrected chi connectivity index (χ3v) is 3.49. The summed E-state index contributed by atoms with van der Waals surface area (Å²) in [6, 6.07) is 3.62. The number of aromatic nitrogens is 4. The van der Waals surface area contributed by atoms with E-state index in [9.17, 15) is 4.79 Å². The van der Waals surface area contributed by atoms with Gasteiger partial charge in [0.1, 0.15) is 11.6 Å². The Kier molecular flexibility index (Phi) is 3.45. The predicted octanol–water partition coefficient (Wildman–Crippen LogP) is 0.900. The van der Waals surface area contributed by atoms with Crippen LogP contribution in [-0.2, 0) is 19.4 Å². The number of hydrogen-bond donors (Lipinski definition) is 1. The van der Waals surface area contributed by atoms with Crippen LogP contribution in [0.1, 0.15) is 34.1 Å². The molecule has 0 saturated carbocycles. The third-order valence-electron chi connectivity index (χ3n) is 3.49. The summed E-state index contributed by atoms with van der Waals surface area (Å²) in [5.74, 6) is 1.92. The van der Waals surface area contributed by atoms with Crippen molar-refractivity contribution in [1.29, 1.82) is 0 Å². The molecule has 2 aromatic heterocycles. The number of hydrogen-bond acceptors (Lipinski definition) is 4. The summed E-state index contributed by atoms with van der Waals surface area (Å²) in [6.07, 6.45) is 4.45. The van der Waals surface area contributed by atoms with Gasteiger partial charge in [-0.1, -0.05) is 0 Å². The van der Waals surface area contributed by atoms with Crippen molar-refractivity contribution in [2.24, 2.45) is 0 Å². The molecule has 3 rings (SSSR count). The second-order valence-electron chi connectivity index (χ2n) is 4.98. The smallest absolute Gasteiger partial charge is 0.252 e. The van der Waals surface area contributed by atoms with E-state index in [-0.39, 0.29) is 5.91 Å². The molecule has 0 spiro atoms. The van der Waals surface area contributed by atoms with E-state index in [4.69, 9.17) is 0 Å². The molecule has 1 aliphatic rings. The van der Waals surface area contributed by atoms with E-state index in [1.807, 2.05) is 13.0 Å². The van der Waals surface area contributed by atoms with Gasteiger partial charge in [0, 0.05) is 37.8 Å². The van der Waals surface area contributed by atoms with Crippen LogP contribution in [0.25, 0.3) is 0 Å². The largest absolute Gasteiger partial charge is 0.352 e. The molecule has 6 heteroatoms. The summed E-state index contributed by atoms with van der Waals surface area (Å²) >= 11 is 0. The number of carbonyl (C=O) groups is 1. The maximum Gasteiger partial charge on any atom is 0.252 e. The number of pyridine rings is 1. The van der Waals surface area contributed by atoms with Gasteiger partial charge in [-0.05, 0) is 25.5 Å². The maximum absolute atomic E-state index is 11.9. The van der Waals surface area contributed by atoms with Gasteiger partial charge < -0.3 is 9.88 Å². The lowest BCUT2D eigenvalue weighted by molar-refractivity contribution is 0.0953. The lowest BCUT2D eigenvalue weighted by Gasteiger charge is -2.05. The van der Waals surface area contributed by atoms with Crippen molar-refractivity contribution < 1.29 is 4.79 Å². The number of aryl methyl sites for hydroxylation is 2. The van der Waals surface area contributed by atoms with Crippen LogP contribution < -0.4 is 5.32 Å². The first-order chi connectivity index (χ1) is 9.74. The monoisotopic (exact) mass is 271 g/mol. The zero-order chi connectivity index (χ0) is 13.9. The zero-order valence-electron chi connectivity index (χ0n) is 11.5. The average Bonchev–Trinajstić information content (AvgIpc) is 3.04. The van der Waals surface area contributed by atoms with Gasteiger partial charge in [-0.15, -0.1) is 10.2 Å². The predicted molar refractivity (Wildman–Crippen MR) is 73.4 cm³/mol. The zero-order valence-corrected chi connectivity index (χ0v) is 11.5. The Labute approximate surface area is 117 Å². The van der Waals surface area contributed by atoms with Crippen LogP contribution in [0.2, 0.25) is 0 Å². The molecule has 1 aliphatic heterocycles. The maximum atomic E-state index is 11.9. The highest BCUT2D eigenvalue weighted by Crippen LogP contribution is 2.13. The molecule has 0 saturated heterocycles. The van der Waals surface area contributed by atoms with Crippen LogP contribution in [0.4, 0.5) is 0 Å². The molecule has 0 fully saturated rings. The molecule has 1 N–H and O–H groups in total. The summed E-state index contributed by atoms with van der Waals surface area (Å²) in [5.41, 5.74) is 1.49. The van der Waals surface area contributed by atoms with Gasteiger partial charge in [-0.2, -0.15) is 0 Å². The summed E-state index contributed by atoms with van der Waals surface area (Å²) in [7, 11) is 0. The second kappa shape index (κ2) is 5.40. The summed E-state index contributed by atoms with van der Waals surface area (Å²) in [5, 5.41) is 11.2. The standard InChI is InChI=1S/C14H17N5O/c1-10-4-5-11(9-16-10)14(20)15-7-6-13-18-17-12-3-2-8-19(12)13/h4-5,9H,2-3,6-8H2,1H3,(H,15,20). The second-order valence-corrected chi connectivity index (χ2v) is 4.98. The van der Waals surface area contributed by atoms with Gasteiger partial charge in [0.2, 0.25) is 0 Å². The highest BCUT2D eigenvalue weighted by Gasteiger charge is 2.16. The van der Waals surface area contributed by atoms with E-state index in [0.29, 0.717) is 18.5 Å². The van der Waals surface area contributed by atoms with E-state index < -0.39 is 0 Å². The topological polar surface area (TPSA) is 72.7 Å². The fourth-order valence-corrected chi connectivity index (χ4v) is 2.39. The molecule has 2 aromatic rings.